The average Bonchev–Trinajstić information content (AvgIpc) is 2.73. The van der Waals surface area contributed by atoms with Crippen molar-refractivity contribution in [2.24, 2.45) is 0 Å². The molecule has 1 fully saturated rings. The molecule has 1 aliphatic rings. The normalized spacial score (nSPS) is 15.3. The van der Waals surface area contributed by atoms with Crippen molar-refractivity contribution in [1.29, 1.82) is 0 Å². The molecule has 0 atom stereocenters. The molecule has 0 aromatic heterocycles. The number of carbonyl (C=O) groups excluding carboxylic acids is 1. The summed E-state index contributed by atoms with van der Waals surface area (Å²) in [5.74, 6) is 0.455. The van der Waals surface area contributed by atoms with Gasteiger partial charge in [-0.3, -0.25) is 4.79 Å². The Balaban J connectivity index is 1.57. The molecule has 0 saturated heterocycles. The number of hydrogen-bond acceptors (Lipinski definition) is 4. The summed E-state index contributed by atoms with van der Waals surface area (Å²) in [6, 6.07) is 13.5. The van der Waals surface area contributed by atoms with Crippen LogP contribution in [-0.2, 0) is 14.8 Å². The predicted octanol–water partition coefficient (Wildman–Crippen LogP) is 3.96. The summed E-state index contributed by atoms with van der Waals surface area (Å²) < 4.78 is 32.9. The largest absolute Gasteiger partial charge is 0.497 e. The smallest absolute Gasteiger partial charge is 0.248 e. The number of carbonyl (C=O) groups is 1. The number of benzene rings is 2. The summed E-state index contributed by atoms with van der Waals surface area (Å²) >= 11 is 0. The van der Waals surface area contributed by atoms with Crippen LogP contribution in [0.1, 0.15) is 37.7 Å². The molecule has 29 heavy (non-hydrogen) atoms. The van der Waals surface area contributed by atoms with Gasteiger partial charge in [-0.25, -0.2) is 13.1 Å². The Morgan fingerprint density at radius 1 is 1.00 bits per heavy atom. The Morgan fingerprint density at radius 2 is 1.66 bits per heavy atom. The Kier molecular flexibility index (Phi) is 7.06. The van der Waals surface area contributed by atoms with E-state index in [1.165, 1.54) is 24.6 Å². The molecule has 2 N–H and O–H groups in total. The van der Waals surface area contributed by atoms with E-state index in [-0.39, 0.29) is 16.8 Å². The van der Waals surface area contributed by atoms with Crippen LogP contribution in [0.2, 0.25) is 0 Å². The van der Waals surface area contributed by atoms with Crippen LogP contribution >= 0.6 is 0 Å². The second-order valence-corrected chi connectivity index (χ2v) is 8.79. The molecule has 0 aliphatic heterocycles. The summed E-state index contributed by atoms with van der Waals surface area (Å²) in [6.07, 6.45) is 8.17. The molecule has 0 bridgehead atoms. The zero-order valence-corrected chi connectivity index (χ0v) is 17.2. The molecule has 1 amide bonds. The highest BCUT2D eigenvalue weighted by Crippen LogP contribution is 2.21. The third-order valence-electron chi connectivity index (χ3n) is 4.90. The van der Waals surface area contributed by atoms with E-state index in [1.54, 1.807) is 25.3 Å². The number of amides is 1. The van der Waals surface area contributed by atoms with Crippen LogP contribution in [0, 0.1) is 0 Å². The maximum atomic E-state index is 12.5. The van der Waals surface area contributed by atoms with E-state index in [0.717, 1.165) is 37.0 Å². The first-order valence-electron chi connectivity index (χ1n) is 9.72. The van der Waals surface area contributed by atoms with E-state index in [4.69, 9.17) is 4.74 Å². The summed E-state index contributed by atoms with van der Waals surface area (Å²) in [4.78, 5) is 12.3. The van der Waals surface area contributed by atoms with Gasteiger partial charge in [0.2, 0.25) is 15.9 Å². The predicted molar refractivity (Wildman–Crippen MR) is 114 cm³/mol. The Hall–Kier alpha value is -2.64. The minimum Gasteiger partial charge on any atom is -0.497 e. The molecule has 2 aromatic carbocycles. The van der Waals surface area contributed by atoms with Crippen LogP contribution in [0.4, 0.5) is 5.69 Å². The number of rotatable bonds is 7. The molecule has 0 heterocycles. The minimum absolute atomic E-state index is 0.0104. The zero-order chi connectivity index (χ0) is 20.7. The molecule has 1 aliphatic carbocycles. The van der Waals surface area contributed by atoms with E-state index >= 15 is 0 Å². The molecule has 0 radical (unpaired) electrons. The summed E-state index contributed by atoms with van der Waals surface area (Å²) in [5, 5.41) is 2.73. The van der Waals surface area contributed by atoms with Crippen molar-refractivity contribution in [3.63, 3.8) is 0 Å². The number of nitrogens with one attached hydrogen (secondary N) is 2. The lowest BCUT2D eigenvalue weighted by molar-refractivity contribution is -0.111. The lowest BCUT2D eigenvalue weighted by Crippen LogP contribution is -2.36. The van der Waals surface area contributed by atoms with Gasteiger partial charge in [0, 0.05) is 17.8 Å². The second-order valence-electron chi connectivity index (χ2n) is 7.08. The Labute approximate surface area is 172 Å². The van der Waals surface area contributed by atoms with Gasteiger partial charge in [0.25, 0.3) is 0 Å². The lowest BCUT2D eigenvalue weighted by Gasteiger charge is -2.22. The van der Waals surface area contributed by atoms with Crippen molar-refractivity contribution in [3.8, 4) is 5.75 Å². The van der Waals surface area contributed by atoms with Crippen molar-refractivity contribution in [2.75, 3.05) is 12.4 Å². The highest BCUT2D eigenvalue weighted by molar-refractivity contribution is 7.89. The molecular formula is C22H26N2O4S. The lowest BCUT2D eigenvalue weighted by atomic mass is 9.96. The standard InChI is InChI=1S/C22H26N2O4S/c1-28-20-12-7-17(8-13-20)9-16-22(25)23-18-10-14-21(15-11-18)29(26,27)24-19-5-3-2-4-6-19/h7-16,19,24H,2-6H2,1H3,(H,23,25). The van der Waals surface area contributed by atoms with Crippen LogP contribution in [0.15, 0.2) is 59.5 Å². The fourth-order valence-electron chi connectivity index (χ4n) is 3.30. The van der Waals surface area contributed by atoms with E-state index in [2.05, 4.69) is 10.0 Å². The quantitative estimate of drug-likeness (QED) is 0.672. The van der Waals surface area contributed by atoms with Crippen molar-refractivity contribution in [2.45, 2.75) is 43.0 Å². The van der Waals surface area contributed by atoms with E-state index < -0.39 is 10.0 Å². The van der Waals surface area contributed by atoms with Crippen molar-refractivity contribution in [3.05, 3.63) is 60.2 Å². The van der Waals surface area contributed by atoms with Gasteiger partial charge in [0.05, 0.1) is 12.0 Å². The van der Waals surface area contributed by atoms with Crippen LogP contribution in [0.5, 0.6) is 5.75 Å². The third kappa shape index (κ3) is 6.17. The van der Waals surface area contributed by atoms with Gasteiger partial charge in [-0.1, -0.05) is 31.4 Å². The molecule has 6 nitrogen and oxygen atoms in total. The number of hydrogen-bond donors (Lipinski definition) is 2. The van der Waals surface area contributed by atoms with Gasteiger partial charge in [0.15, 0.2) is 0 Å². The maximum absolute atomic E-state index is 12.5. The summed E-state index contributed by atoms with van der Waals surface area (Å²) in [5.41, 5.74) is 1.40. The molecule has 154 valence electrons. The molecule has 7 heteroatoms. The molecule has 2 aromatic rings. The fraction of sp³-hybridized carbons (Fsp3) is 0.318. The first-order chi connectivity index (χ1) is 14.0. The third-order valence-corrected chi connectivity index (χ3v) is 6.44. The van der Waals surface area contributed by atoms with Gasteiger partial charge >= 0.3 is 0 Å². The van der Waals surface area contributed by atoms with Crippen molar-refractivity contribution >= 4 is 27.7 Å². The van der Waals surface area contributed by atoms with Crippen LogP contribution in [0.25, 0.3) is 6.08 Å². The molecule has 1 saturated carbocycles. The molecule has 3 rings (SSSR count). The summed E-state index contributed by atoms with van der Waals surface area (Å²) in [7, 11) is -1.95. The van der Waals surface area contributed by atoms with Crippen LogP contribution in [-0.4, -0.2) is 27.5 Å². The topological polar surface area (TPSA) is 84.5 Å². The molecule has 0 unspecified atom stereocenters. The monoisotopic (exact) mass is 414 g/mol. The van der Waals surface area contributed by atoms with E-state index in [1.807, 2.05) is 24.3 Å². The Bertz CT molecular complexity index is 945. The highest BCUT2D eigenvalue weighted by atomic mass is 32.2. The van der Waals surface area contributed by atoms with E-state index in [0.29, 0.717) is 5.69 Å². The fourth-order valence-corrected chi connectivity index (χ4v) is 4.60. The molecular weight excluding hydrogens is 388 g/mol. The first-order valence-corrected chi connectivity index (χ1v) is 11.2. The zero-order valence-electron chi connectivity index (χ0n) is 16.4. The van der Waals surface area contributed by atoms with Crippen molar-refractivity contribution in [1.82, 2.24) is 4.72 Å². The molecule has 0 spiro atoms. The number of sulfonamides is 1. The minimum atomic E-state index is -3.54. The number of ether oxygens (including phenoxy) is 1. The van der Waals surface area contributed by atoms with E-state index in [9.17, 15) is 13.2 Å². The number of anilines is 1. The summed E-state index contributed by atoms with van der Waals surface area (Å²) in [6.45, 7) is 0. The van der Waals surface area contributed by atoms with Gasteiger partial charge in [-0.15, -0.1) is 0 Å². The first kappa shape index (κ1) is 21.1. The van der Waals surface area contributed by atoms with Gasteiger partial charge in [-0.2, -0.15) is 0 Å². The van der Waals surface area contributed by atoms with Gasteiger partial charge in [-0.05, 0) is 60.9 Å². The van der Waals surface area contributed by atoms with Gasteiger partial charge < -0.3 is 10.1 Å². The maximum Gasteiger partial charge on any atom is 0.248 e. The SMILES string of the molecule is COc1ccc(C=CC(=O)Nc2ccc(S(=O)(=O)NC3CCCCC3)cc2)cc1. The van der Waals surface area contributed by atoms with Crippen LogP contribution < -0.4 is 14.8 Å². The Morgan fingerprint density at radius 3 is 2.28 bits per heavy atom. The van der Waals surface area contributed by atoms with Crippen molar-refractivity contribution < 1.29 is 17.9 Å². The van der Waals surface area contributed by atoms with Crippen LogP contribution in [0.3, 0.4) is 0 Å². The highest BCUT2D eigenvalue weighted by Gasteiger charge is 2.21. The second kappa shape index (κ2) is 9.71. The van der Waals surface area contributed by atoms with Gasteiger partial charge in [0.1, 0.15) is 5.75 Å². The average molecular weight is 415 g/mol. The number of methoxy groups -OCH3 is 1.